The molecule has 2 rings (SSSR count). The second-order valence-electron chi connectivity index (χ2n) is 4.35. The van der Waals surface area contributed by atoms with Gasteiger partial charge in [0.2, 0.25) is 0 Å². The van der Waals surface area contributed by atoms with Crippen LogP contribution in [0.15, 0.2) is 28.8 Å². The number of halogens is 2. The number of carbonyl (C=O) groups excluding carboxylic acids is 1. The third kappa shape index (κ3) is 3.28. The quantitative estimate of drug-likeness (QED) is 0.916. The molecule has 1 amide bonds. The van der Waals surface area contributed by atoms with Gasteiger partial charge >= 0.3 is 0 Å². The van der Waals surface area contributed by atoms with Crippen LogP contribution in [0.2, 0.25) is 10.0 Å². The van der Waals surface area contributed by atoms with E-state index in [4.69, 9.17) is 27.7 Å². The van der Waals surface area contributed by atoms with Crippen LogP contribution in [-0.2, 0) is 0 Å². The van der Waals surface area contributed by atoms with Crippen LogP contribution >= 0.6 is 23.2 Å². The molecule has 1 aromatic heterocycles. The van der Waals surface area contributed by atoms with Crippen molar-refractivity contribution in [2.75, 3.05) is 5.32 Å². The van der Waals surface area contributed by atoms with Crippen molar-refractivity contribution in [3.05, 3.63) is 45.8 Å². The summed E-state index contributed by atoms with van der Waals surface area (Å²) < 4.78 is 5.07. The molecule has 2 aromatic rings. The van der Waals surface area contributed by atoms with Gasteiger partial charge in [-0.1, -0.05) is 42.2 Å². The molecule has 0 saturated carbocycles. The van der Waals surface area contributed by atoms with E-state index in [1.807, 2.05) is 13.8 Å². The molecule has 0 bridgehead atoms. The van der Waals surface area contributed by atoms with Crippen LogP contribution in [0.1, 0.15) is 36.0 Å². The predicted molar refractivity (Wildman–Crippen MR) is 75.0 cm³/mol. The molecule has 0 spiro atoms. The van der Waals surface area contributed by atoms with Gasteiger partial charge in [-0.05, 0) is 18.2 Å². The SMILES string of the molecule is CC(C)c1cc(C(=O)Nc2cc(Cl)ccc2Cl)no1. The molecule has 19 heavy (non-hydrogen) atoms. The van der Waals surface area contributed by atoms with E-state index in [1.165, 1.54) is 0 Å². The van der Waals surface area contributed by atoms with Crippen molar-refractivity contribution in [2.24, 2.45) is 0 Å². The lowest BCUT2D eigenvalue weighted by molar-refractivity contribution is 0.101. The summed E-state index contributed by atoms with van der Waals surface area (Å²) in [5, 5.41) is 7.26. The zero-order valence-electron chi connectivity index (χ0n) is 10.4. The molecule has 0 unspecified atom stereocenters. The van der Waals surface area contributed by atoms with Gasteiger partial charge in [0.1, 0.15) is 5.76 Å². The molecule has 4 nitrogen and oxygen atoms in total. The van der Waals surface area contributed by atoms with Crippen molar-refractivity contribution >= 4 is 34.8 Å². The molecule has 6 heteroatoms. The van der Waals surface area contributed by atoms with Gasteiger partial charge in [-0.3, -0.25) is 4.79 Å². The van der Waals surface area contributed by atoms with Gasteiger partial charge in [-0.25, -0.2) is 0 Å². The molecule has 0 radical (unpaired) electrons. The van der Waals surface area contributed by atoms with E-state index in [0.29, 0.717) is 21.5 Å². The standard InChI is InChI=1S/C13H12Cl2N2O2/c1-7(2)12-6-11(17-19-12)13(18)16-10-5-8(14)3-4-9(10)15/h3-7H,1-2H3,(H,16,18). The minimum atomic E-state index is -0.389. The highest BCUT2D eigenvalue weighted by Gasteiger charge is 2.15. The Hall–Kier alpha value is -1.52. The minimum Gasteiger partial charge on any atom is -0.360 e. The van der Waals surface area contributed by atoms with Crippen LogP contribution in [0.5, 0.6) is 0 Å². The predicted octanol–water partition coefficient (Wildman–Crippen LogP) is 4.36. The molecular formula is C13H12Cl2N2O2. The molecule has 1 aromatic carbocycles. The van der Waals surface area contributed by atoms with Crippen molar-refractivity contribution in [3.8, 4) is 0 Å². The first-order valence-corrected chi connectivity index (χ1v) is 6.46. The second kappa shape index (κ2) is 5.63. The van der Waals surface area contributed by atoms with Crippen molar-refractivity contribution in [2.45, 2.75) is 19.8 Å². The zero-order chi connectivity index (χ0) is 14.0. The van der Waals surface area contributed by atoms with Crippen molar-refractivity contribution in [1.29, 1.82) is 0 Å². The highest BCUT2D eigenvalue weighted by atomic mass is 35.5. The second-order valence-corrected chi connectivity index (χ2v) is 5.19. The molecule has 0 aliphatic rings. The van der Waals surface area contributed by atoms with Crippen LogP contribution in [0.25, 0.3) is 0 Å². The molecular weight excluding hydrogens is 287 g/mol. The number of amides is 1. The number of benzene rings is 1. The maximum atomic E-state index is 12.0. The van der Waals surface area contributed by atoms with Crippen molar-refractivity contribution < 1.29 is 9.32 Å². The van der Waals surface area contributed by atoms with E-state index >= 15 is 0 Å². The molecule has 100 valence electrons. The molecule has 0 atom stereocenters. The Labute approximate surface area is 120 Å². The first-order chi connectivity index (χ1) is 8.97. The maximum Gasteiger partial charge on any atom is 0.277 e. The summed E-state index contributed by atoms with van der Waals surface area (Å²) in [7, 11) is 0. The normalized spacial score (nSPS) is 10.8. The number of hydrogen-bond acceptors (Lipinski definition) is 3. The number of nitrogens with one attached hydrogen (secondary N) is 1. The van der Waals surface area contributed by atoms with E-state index in [2.05, 4.69) is 10.5 Å². The summed E-state index contributed by atoms with van der Waals surface area (Å²) >= 11 is 11.8. The third-order valence-corrected chi connectivity index (χ3v) is 3.07. The Balaban J connectivity index is 2.18. The summed E-state index contributed by atoms with van der Waals surface area (Å²) in [4.78, 5) is 12.0. The highest BCUT2D eigenvalue weighted by molar-refractivity contribution is 6.35. The van der Waals surface area contributed by atoms with Crippen LogP contribution in [0, 0.1) is 0 Å². The van der Waals surface area contributed by atoms with E-state index in [-0.39, 0.29) is 17.5 Å². The fraction of sp³-hybridized carbons (Fsp3) is 0.231. The Morgan fingerprint density at radius 3 is 2.68 bits per heavy atom. The van der Waals surface area contributed by atoms with Gasteiger partial charge in [-0.2, -0.15) is 0 Å². The maximum absolute atomic E-state index is 12.0. The third-order valence-electron chi connectivity index (χ3n) is 2.51. The monoisotopic (exact) mass is 298 g/mol. The molecule has 1 heterocycles. The van der Waals surface area contributed by atoms with Gasteiger partial charge in [0.25, 0.3) is 5.91 Å². The Morgan fingerprint density at radius 1 is 1.32 bits per heavy atom. The van der Waals surface area contributed by atoms with Crippen molar-refractivity contribution in [1.82, 2.24) is 5.16 Å². The number of carbonyl (C=O) groups is 1. The number of hydrogen-bond donors (Lipinski definition) is 1. The first kappa shape index (κ1) is 13.9. The van der Waals surface area contributed by atoms with E-state index in [1.54, 1.807) is 24.3 Å². The Bertz CT molecular complexity index is 608. The molecule has 0 saturated heterocycles. The fourth-order valence-corrected chi connectivity index (χ4v) is 1.78. The Morgan fingerprint density at radius 2 is 2.05 bits per heavy atom. The summed E-state index contributed by atoms with van der Waals surface area (Å²) in [5.74, 6) is 0.436. The number of aromatic nitrogens is 1. The summed E-state index contributed by atoms with van der Waals surface area (Å²) in [6.45, 7) is 3.91. The average Bonchev–Trinajstić information content (AvgIpc) is 2.83. The van der Waals surface area contributed by atoms with Gasteiger partial charge in [0.05, 0.1) is 10.7 Å². The van der Waals surface area contributed by atoms with Crippen LogP contribution in [-0.4, -0.2) is 11.1 Å². The number of anilines is 1. The molecule has 0 aliphatic heterocycles. The topological polar surface area (TPSA) is 55.1 Å². The first-order valence-electron chi connectivity index (χ1n) is 5.70. The lowest BCUT2D eigenvalue weighted by Gasteiger charge is -2.05. The molecule has 0 aliphatic carbocycles. The lowest BCUT2D eigenvalue weighted by Crippen LogP contribution is -2.12. The van der Waals surface area contributed by atoms with Crippen LogP contribution in [0.3, 0.4) is 0 Å². The van der Waals surface area contributed by atoms with Crippen molar-refractivity contribution in [3.63, 3.8) is 0 Å². The lowest BCUT2D eigenvalue weighted by atomic mass is 10.1. The largest absolute Gasteiger partial charge is 0.360 e. The summed E-state index contributed by atoms with van der Waals surface area (Å²) in [6, 6.07) is 6.44. The van der Waals surface area contributed by atoms with E-state index < -0.39 is 0 Å². The number of rotatable bonds is 3. The van der Waals surface area contributed by atoms with Crippen LogP contribution in [0.4, 0.5) is 5.69 Å². The van der Waals surface area contributed by atoms with E-state index in [9.17, 15) is 4.79 Å². The molecule has 1 N–H and O–H groups in total. The van der Waals surface area contributed by atoms with Gasteiger partial charge in [0.15, 0.2) is 5.69 Å². The highest BCUT2D eigenvalue weighted by Crippen LogP contribution is 2.26. The summed E-state index contributed by atoms with van der Waals surface area (Å²) in [5.41, 5.74) is 0.646. The molecule has 0 fully saturated rings. The smallest absolute Gasteiger partial charge is 0.277 e. The van der Waals surface area contributed by atoms with E-state index in [0.717, 1.165) is 0 Å². The van der Waals surface area contributed by atoms with Gasteiger partial charge in [0, 0.05) is 17.0 Å². The Kier molecular flexibility index (Phi) is 4.12. The summed E-state index contributed by atoms with van der Waals surface area (Å²) in [6.07, 6.45) is 0. The minimum absolute atomic E-state index is 0.170. The fourth-order valence-electron chi connectivity index (χ4n) is 1.45. The zero-order valence-corrected chi connectivity index (χ0v) is 11.9. The van der Waals surface area contributed by atoms with Crippen LogP contribution < -0.4 is 5.32 Å². The van der Waals surface area contributed by atoms with Gasteiger partial charge in [-0.15, -0.1) is 0 Å². The van der Waals surface area contributed by atoms with Gasteiger partial charge < -0.3 is 9.84 Å². The average molecular weight is 299 g/mol. The number of nitrogens with zero attached hydrogens (tertiary/aromatic N) is 1.